The van der Waals surface area contributed by atoms with E-state index in [9.17, 15) is 5.11 Å². The van der Waals surface area contributed by atoms with Crippen molar-refractivity contribution < 1.29 is 19.3 Å². The first-order valence-electron chi connectivity index (χ1n) is 6.08. The van der Waals surface area contributed by atoms with Gasteiger partial charge >= 0.3 is 0 Å². The predicted molar refractivity (Wildman–Crippen MR) is 73.4 cm³/mol. The van der Waals surface area contributed by atoms with E-state index in [2.05, 4.69) is 5.10 Å². The molecule has 0 saturated carbocycles. The molecule has 20 heavy (non-hydrogen) atoms. The topological polar surface area (TPSA) is 65.7 Å². The first-order valence-corrected chi connectivity index (χ1v) is 6.08. The molecule has 0 fully saturated rings. The normalized spacial score (nSPS) is 12.1. The first kappa shape index (κ1) is 14.2. The highest BCUT2D eigenvalue weighted by molar-refractivity contribution is 5.53. The zero-order chi connectivity index (χ0) is 14.7. The van der Waals surface area contributed by atoms with Crippen LogP contribution in [-0.4, -0.2) is 36.2 Å². The zero-order valence-corrected chi connectivity index (χ0v) is 12.0. The van der Waals surface area contributed by atoms with E-state index in [4.69, 9.17) is 14.2 Å². The number of nitrogens with zero attached hydrogens (tertiary/aromatic N) is 2. The summed E-state index contributed by atoms with van der Waals surface area (Å²) < 4.78 is 17.5. The number of aliphatic hydroxyl groups excluding tert-OH is 1. The van der Waals surface area contributed by atoms with Crippen LogP contribution in [0, 0.1) is 0 Å². The van der Waals surface area contributed by atoms with Crippen molar-refractivity contribution in [1.29, 1.82) is 0 Å². The number of hydrogen-bond acceptors (Lipinski definition) is 5. The van der Waals surface area contributed by atoms with Gasteiger partial charge in [-0.3, -0.25) is 4.68 Å². The highest BCUT2D eigenvalue weighted by Crippen LogP contribution is 2.40. The monoisotopic (exact) mass is 278 g/mol. The van der Waals surface area contributed by atoms with Crippen LogP contribution >= 0.6 is 0 Å². The van der Waals surface area contributed by atoms with Gasteiger partial charge in [0, 0.05) is 25.4 Å². The second-order valence-corrected chi connectivity index (χ2v) is 4.26. The van der Waals surface area contributed by atoms with Crippen molar-refractivity contribution in [2.45, 2.75) is 6.10 Å². The van der Waals surface area contributed by atoms with E-state index in [0.29, 0.717) is 28.5 Å². The number of aliphatic hydroxyl groups is 1. The minimum absolute atomic E-state index is 0.486. The van der Waals surface area contributed by atoms with Crippen molar-refractivity contribution in [3.63, 3.8) is 0 Å². The lowest BCUT2D eigenvalue weighted by molar-refractivity contribution is 0.203. The molecule has 108 valence electrons. The van der Waals surface area contributed by atoms with Crippen LogP contribution < -0.4 is 14.2 Å². The van der Waals surface area contributed by atoms with E-state index in [1.807, 2.05) is 0 Å². The number of aromatic nitrogens is 2. The molecule has 1 heterocycles. The average molecular weight is 278 g/mol. The van der Waals surface area contributed by atoms with E-state index in [0.717, 1.165) is 0 Å². The highest BCUT2D eigenvalue weighted by Gasteiger charge is 2.23. The molecule has 1 unspecified atom stereocenters. The van der Waals surface area contributed by atoms with Gasteiger partial charge in [0.05, 0.1) is 32.6 Å². The smallest absolute Gasteiger partial charge is 0.132 e. The SMILES string of the molecule is COc1cc(OC)c(C(O)c2ccn(C)n2)c(OC)c1. The van der Waals surface area contributed by atoms with Gasteiger partial charge in [-0.1, -0.05) is 0 Å². The predicted octanol–water partition coefficient (Wildman–Crippen LogP) is 1.53. The molecule has 1 aromatic heterocycles. The molecule has 1 atom stereocenters. The summed E-state index contributed by atoms with van der Waals surface area (Å²) in [6.45, 7) is 0. The van der Waals surface area contributed by atoms with Crippen LogP contribution in [0.15, 0.2) is 24.4 Å². The molecule has 0 radical (unpaired) electrons. The zero-order valence-electron chi connectivity index (χ0n) is 12.0. The van der Waals surface area contributed by atoms with Crippen LogP contribution in [0.5, 0.6) is 17.2 Å². The lowest BCUT2D eigenvalue weighted by atomic mass is 10.0. The molecule has 0 aliphatic carbocycles. The Balaban J connectivity index is 2.53. The van der Waals surface area contributed by atoms with Gasteiger partial charge in [0.1, 0.15) is 23.4 Å². The number of ether oxygens (including phenoxy) is 3. The van der Waals surface area contributed by atoms with Gasteiger partial charge in [0.15, 0.2) is 0 Å². The minimum Gasteiger partial charge on any atom is -0.496 e. The van der Waals surface area contributed by atoms with E-state index in [1.165, 1.54) is 14.2 Å². The van der Waals surface area contributed by atoms with Gasteiger partial charge < -0.3 is 19.3 Å². The summed E-state index contributed by atoms with van der Waals surface area (Å²) in [5, 5.41) is 14.7. The summed E-state index contributed by atoms with van der Waals surface area (Å²) >= 11 is 0. The fraction of sp³-hybridized carbons (Fsp3) is 0.357. The van der Waals surface area contributed by atoms with Crippen molar-refractivity contribution in [3.8, 4) is 17.2 Å². The molecular formula is C14H18N2O4. The summed E-state index contributed by atoms with van der Waals surface area (Å²) in [5.74, 6) is 1.56. The number of benzene rings is 1. The largest absolute Gasteiger partial charge is 0.496 e. The Morgan fingerprint density at radius 2 is 1.70 bits per heavy atom. The Kier molecular flexibility index (Phi) is 4.14. The van der Waals surface area contributed by atoms with E-state index >= 15 is 0 Å². The van der Waals surface area contributed by atoms with Crippen LogP contribution in [0.3, 0.4) is 0 Å². The Hall–Kier alpha value is -2.21. The molecule has 0 aliphatic rings. The van der Waals surface area contributed by atoms with Gasteiger partial charge in [0.2, 0.25) is 0 Å². The fourth-order valence-corrected chi connectivity index (χ4v) is 2.03. The summed E-state index contributed by atoms with van der Waals surface area (Å²) in [6.07, 6.45) is 0.827. The third-order valence-corrected chi connectivity index (χ3v) is 3.04. The van der Waals surface area contributed by atoms with Crippen LogP contribution in [0.1, 0.15) is 17.4 Å². The number of methoxy groups -OCH3 is 3. The molecule has 0 saturated heterocycles. The molecule has 0 amide bonds. The summed E-state index contributed by atoms with van der Waals surface area (Å²) in [7, 11) is 6.41. The second kappa shape index (κ2) is 5.83. The summed E-state index contributed by atoms with van der Waals surface area (Å²) in [5.41, 5.74) is 1.05. The maximum absolute atomic E-state index is 10.5. The van der Waals surface area contributed by atoms with Crippen LogP contribution in [-0.2, 0) is 7.05 Å². The molecule has 1 N–H and O–H groups in total. The molecule has 1 aromatic carbocycles. The number of aryl methyl sites for hydroxylation is 1. The first-order chi connectivity index (χ1) is 9.60. The molecule has 6 heteroatoms. The molecule has 0 aliphatic heterocycles. The Morgan fingerprint density at radius 3 is 2.10 bits per heavy atom. The maximum Gasteiger partial charge on any atom is 0.132 e. The van der Waals surface area contributed by atoms with Crippen LogP contribution in [0.25, 0.3) is 0 Å². The van der Waals surface area contributed by atoms with Gasteiger partial charge in [-0.15, -0.1) is 0 Å². The Morgan fingerprint density at radius 1 is 1.10 bits per heavy atom. The summed E-state index contributed by atoms with van der Waals surface area (Å²) in [6, 6.07) is 5.14. The second-order valence-electron chi connectivity index (χ2n) is 4.26. The van der Waals surface area contributed by atoms with Gasteiger partial charge in [0.25, 0.3) is 0 Å². The molecule has 2 rings (SSSR count). The highest BCUT2D eigenvalue weighted by atomic mass is 16.5. The Labute approximate surface area is 117 Å². The molecule has 2 aromatic rings. The average Bonchev–Trinajstić information content (AvgIpc) is 2.91. The lowest BCUT2D eigenvalue weighted by Crippen LogP contribution is -2.07. The lowest BCUT2D eigenvalue weighted by Gasteiger charge is -2.18. The number of hydrogen-bond donors (Lipinski definition) is 1. The molecule has 6 nitrogen and oxygen atoms in total. The van der Waals surface area contributed by atoms with Gasteiger partial charge in [-0.25, -0.2) is 0 Å². The van der Waals surface area contributed by atoms with Gasteiger partial charge in [-0.05, 0) is 6.07 Å². The van der Waals surface area contributed by atoms with Crippen LogP contribution in [0.2, 0.25) is 0 Å². The van der Waals surface area contributed by atoms with Crippen molar-refractivity contribution in [1.82, 2.24) is 9.78 Å². The molecule has 0 bridgehead atoms. The van der Waals surface area contributed by atoms with E-state index in [-0.39, 0.29) is 0 Å². The quantitative estimate of drug-likeness (QED) is 0.898. The van der Waals surface area contributed by atoms with Gasteiger partial charge in [-0.2, -0.15) is 5.10 Å². The minimum atomic E-state index is -0.938. The van der Waals surface area contributed by atoms with E-state index in [1.54, 1.807) is 43.2 Å². The standard InChI is InChI=1S/C14H18N2O4/c1-16-6-5-10(15-16)14(17)13-11(19-3)7-9(18-2)8-12(13)20-4/h5-8,14,17H,1-4H3. The molecule has 0 spiro atoms. The van der Waals surface area contributed by atoms with Crippen molar-refractivity contribution in [2.75, 3.05) is 21.3 Å². The molecular weight excluding hydrogens is 260 g/mol. The maximum atomic E-state index is 10.5. The number of rotatable bonds is 5. The van der Waals surface area contributed by atoms with Crippen LogP contribution in [0.4, 0.5) is 0 Å². The third kappa shape index (κ3) is 2.55. The van der Waals surface area contributed by atoms with Crippen molar-refractivity contribution in [2.24, 2.45) is 7.05 Å². The third-order valence-electron chi connectivity index (χ3n) is 3.04. The Bertz CT molecular complexity index is 570. The van der Waals surface area contributed by atoms with Crippen molar-refractivity contribution >= 4 is 0 Å². The summed E-state index contributed by atoms with van der Waals surface area (Å²) in [4.78, 5) is 0. The van der Waals surface area contributed by atoms with E-state index < -0.39 is 6.10 Å². The fourth-order valence-electron chi connectivity index (χ4n) is 2.03. The van der Waals surface area contributed by atoms with Crippen molar-refractivity contribution in [3.05, 3.63) is 35.7 Å².